The summed E-state index contributed by atoms with van der Waals surface area (Å²) in [6.45, 7) is 8.31. The van der Waals surface area contributed by atoms with E-state index in [-0.39, 0.29) is 0 Å². The monoisotopic (exact) mass is 236 g/mol. The van der Waals surface area contributed by atoms with E-state index in [0.717, 1.165) is 37.0 Å². The van der Waals surface area contributed by atoms with Crippen molar-refractivity contribution in [3.63, 3.8) is 0 Å². The molecule has 0 spiro atoms. The summed E-state index contributed by atoms with van der Waals surface area (Å²) in [5.41, 5.74) is 1.01. The number of nitrogens with zero attached hydrogens (tertiary/aromatic N) is 3. The minimum absolute atomic E-state index is 0.741. The zero-order valence-corrected chi connectivity index (χ0v) is 11.5. The molecule has 0 radical (unpaired) electrons. The number of aryl methyl sites for hydroxylation is 1. The van der Waals surface area contributed by atoms with Gasteiger partial charge < -0.3 is 10.2 Å². The Bertz CT molecular complexity index is 338. The van der Waals surface area contributed by atoms with Gasteiger partial charge in [-0.15, -0.1) is 0 Å². The number of rotatable bonds is 7. The number of unbranched alkanes of at least 4 members (excludes halogenated alkanes) is 1. The second-order valence-corrected chi connectivity index (χ2v) is 4.39. The van der Waals surface area contributed by atoms with Gasteiger partial charge in [0.15, 0.2) is 0 Å². The fourth-order valence-corrected chi connectivity index (χ4v) is 1.57. The molecule has 0 atom stereocenters. The molecule has 4 nitrogen and oxygen atoms in total. The van der Waals surface area contributed by atoms with E-state index >= 15 is 0 Å². The SMILES string of the molecule is CCCCN(C)c1cc(C)nc(NCCC)n1. The summed E-state index contributed by atoms with van der Waals surface area (Å²) in [4.78, 5) is 11.1. The highest BCUT2D eigenvalue weighted by Crippen LogP contribution is 2.14. The topological polar surface area (TPSA) is 41.1 Å². The summed E-state index contributed by atoms with van der Waals surface area (Å²) in [5.74, 6) is 1.75. The van der Waals surface area contributed by atoms with E-state index in [1.54, 1.807) is 0 Å². The minimum Gasteiger partial charge on any atom is -0.360 e. The summed E-state index contributed by atoms with van der Waals surface area (Å²) in [5, 5.41) is 3.24. The van der Waals surface area contributed by atoms with Crippen molar-refractivity contribution in [1.82, 2.24) is 9.97 Å². The zero-order chi connectivity index (χ0) is 12.7. The first-order valence-electron chi connectivity index (χ1n) is 6.48. The molecule has 1 heterocycles. The van der Waals surface area contributed by atoms with Crippen molar-refractivity contribution in [2.75, 3.05) is 30.4 Å². The molecular formula is C13H24N4. The van der Waals surface area contributed by atoms with Gasteiger partial charge in [-0.1, -0.05) is 20.3 Å². The molecule has 0 fully saturated rings. The van der Waals surface area contributed by atoms with Crippen molar-refractivity contribution < 1.29 is 0 Å². The van der Waals surface area contributed by atoms with E-state index in [2.05, 4.69) is 41.1 Å². The van der Waals surface area contributed by atoms with E-state index in [0.29, 0.717) is 0 Å². The number of anilines is 2. The highest BCUT2D eigenvalue weighted by molar-refractivity contribution is 5.43. The van der Waals surface area contributed by atoms with Crippen LogP contribution >= 0.6 is 0 Å². The predicted octanol–water partition coefficient (Wildman–Crippen LogP) is 2.84. The smallest absolute Gasteiger partial charge is 0.224 e. The van der Waals surface area contributed by atoms with Gasteiger partial charge in [0, 0.05) is 31.9 Å². The van der Waals surface area contributed by atoms with Crippen LogP contribution in [0.5, 0.6) is 0 Å². The Labute approximate surface area is 104 Å². The first-order valence-corrected chi connectivity index (χ1v) is 6.48. The molecule has 0 amide bonds. The third kappa shape index (κ3) is 4.59. The van der Waals surface area contributed by atoms with E-state index in [1.807, 2.05) is 13.0 Å². The molecule has 1 N–H and O–H groups in total. The van der Waals surface area contributed by atoms with Crippen molar-refractivity contribution in [1.29, 1.82) is 0 Å². The van der Waals surface area contributed by atoms with Gasteiger partial charge in [0.1, 0.15) is 5.82 Å². The van der Waals surface area contributed by atoms with E-state index in [4.69, 9.17) is 0 Å². The first kappa shape index (κ1) is 13.7. The van der Waals surface area contributed by atoms with Gasteiger partial charge >= 0.3 is 0 Å². The Morgan fingerprint density at radius 1 is 1.24 bits per heavy atom. The standard InChI is InChI=1S/C13H24N4/c1-5-7-9-17(4)12-10-11(3)15-13(16-12)14-8-6-2/h10H,5-9H2,1-4H3,(H,14,15,16). The van der Waals surface area contributed by atoms with Crippen LogP contribution in [-0.4, -0.2) is 30.1 Å². The van der Waals surface area contributed by atoms with Crippen molar-refractivity contribution >= 4 is 11.8 Å². The van der Waals surface area contributed by atoms with Crippen LogP contribution < -0.4 is 10.2 Å². The van der Waals surface area contributed by atoms with Crippen LogP contribution in [0.1, 0.15) is 38.8 Å². The maximum Gasteiger partial charge on any atom is 0.224 e. The lowest BCUT2D eigenvalue weighted by Gasteiger charge is -2.18. The molecule has 0 saturated carbocycles. The molecule has 1 aromatic heterocycles. The molecule has 0 unspecified atom stereocenters. The van der Waals surface area contributed by atoms with Crippen molar-refractivity contribution in [3.8, 4) is 0 Å². The first-order chi connectivity index (χ1) is 8.17. The molecule has 1 aromatic rings. The summed E-state index contributed by atoms with van der Waals surface area (Å²) < 4.78 is 0. The summed E-state index contributed by atoms with van der Waals surface area (Å²) >= 11 is 0. The maximum atomic E-state index is 4.53. The van der Waals surface area contributed by atoms with Gasteiger partial charge in [0.05, 0.1) is 0 Å². The Morgan fingerprint density at radius 2 is 2.00 bits per heavy atom. The van der Waals surface area contributed by atoms with Gasteiger partial charge in [-0.25, -0.2) is 4.98 Å². The van der Waals surface area contributed by atoms with Crippen molar-refractivity contribution in [2.24, 2.45) is 0 Å². The molecule has 0 saturated heterocycles. The number of hydrogen-bond donors (Lipinski definition) is 1. The Balaban J connectivity index is 2.73. The number of hydrogen-bond acceptors (Lipinski definition) is 4. The fraction of sp³-hybridized carbons (Fsp3) is 0.692. The van der Waals surface area contributed by atoms with Crippen molar-refractivity contribution in [3.05, 3.63) is 11.8 Å². The van der Waals surface area contributed by atoms with Crippen LogP contribution in [0.2, 0.25) is 0 Å². The normalized spacial score (nSPS) is 10.4. The van der Waals surface area contributed by atoms with Crippen LogP contribution in [0.4, 0.5) is 11.8 Å². The zero-order valence-electron chi connectivity index (χ0n) is 11.5. The van der Waals surface area contributed by atoms with Gasteiger partial charge in [0.2, 0.25) is 5.95 Å². The van der Waals surface area contributed by atoms with Gasteiger partial charge in [-0.05, 0) is 19.8 Å². The van der Waals surface area contributed by atoms with Crippen LogP contribution in [0.15, 0.2) is 6.07 Å². The Morgan fingerprint density at radius 3 is 2.65 bits per heavy atom. The molecule has 1 rings (SSSR count). The highest BCUT2D eigenvalue weighted by Gasteiger charge is 2.05. The minimum atomic E-state index is 0.741. The molecule has 0 aliphatic heterocycles. The van der Waals surface area contributed by atoms with E-state index < -0.39 is 0 Å². The molecule has 4 heteroatoms. The molecule has 17 heavy (non-hydrogen) atoms. The van der Waals surface area contributed by atoms with Crippen LogP contribution in [0, 0.1) is 6.92 Å². The quantitative estimate of drug-likeness (QED) is 0.790. The van der Waals surface area contributed by atoms with Crippen LogP contribution in [-0.2, 0) is 0 Å². The highest BCUT2D eigenvalue weighted by atomic mass is 15.2. The van der Waals surface area contributed by atoms with Gasteiger partial charge in [-0.2, -0.15) is 4.98 Å². The molecule has 0 aliphatic rings. The lowest BCUT2D eigenvalue weighted by Crippen LogP contribution is -2.20. The summed E-state index contributed by atoms with van der Waals surface area (Å²) in [6, 6.07) is 2.03. The molecule has 0 aromatic carbocycles. The fourth-order valence-electron chi connectivity index (χ4n) is 1.57. The Kier molecular flexibility index (Phi) is 5.73. The summed E-state index contributed by atoms with van der Waals surface area (Å²) in [6.07, 6.45) is 3.48. The maximum absolute atomic E-state index is 4.53. The average molecular weight is 236 g/mol. The lowest BCUT2D eigenvalue weighted by atomic mass is 10.3. The van der Waals surface area contributed by atoms with Crippen LogP contribution in [0.25, 0.3) is 0 Å². The summed E-state index contributed by atoms with van der Waals surface area (Å²) in [7, 11) is 2.08. The second kappa shape index (κ2) is 7.09. The average Bonchev–Trinajstić information content (AvgIpc) is 2.32. The lowest BCUT2D eigenvalue weighted by molar-refractivity contribution is 0.757. The molecule has 0 bridgehead atoms. The third-order valence-corrected chi connectivity index (χ3v) is 2.61. The van der Waals surface area contributed by atoms with Crippen LogP contribution in [0.3, 0.4) is 0 Å². The van der Waals surface area contributed by atoms with E-state index in [1.165, 1.54) is 12.8 Å². The Hall–Kier alpha value is -1.32. The second-order valence-electron chi connectivity index (χ2n) is 4.39. The number of aromatic nitrogens is 2. The number of nitrogens with one attached hydrogen (secondary N) is 1. The largest absolute Gasteiger partial charge is 0.360 e. The van der Waals surface area contributed by atoms with Gasteiger partial charge in [0.25, 0.3) is 0 Å². The third-order valence-electron chi connectivity index (χ3n) is 2.61. The molecule has 96 valence electrons. The van der Waals surface area contributed by atoms with Gasteiger partial charge in [-0.3, -0.25) is 0 Å². The molecule has 0 aliphatic carbocycles. The predicted molar refractivity (Wildman–Crippen MR) is 73.7 cm³/mol. The molecular weight excluding hydrogens is 212 g/mol. The van der Waals surface area contributed by atoms with Crippen molar-refractivity contribution in [2.45, 2.75) is 40.0 Å². The van der Waals surface area contributed by atoms with E-state index in [9.17, 15) is 0 Å².